The van der Waals surface area contributed by atoms with Crippen molar-refractivity contribution in [3.8, 4) is 0 Å². The maximum atomic E-state index is 14.8. The van der Waals surface area contributed by atoms with Gasteiger partial charge in [-0.3, -0.25) is 0 Å². The molecule has 0 fully saturated rings. The maximum absolute atomic E-state index is 14.8. The van der Waals surface area contributed by atoms with Crippen molar-refractivity contribution in [2.75, 3.05) is 12.6 Å². The molecule has 0 aliphatic carbocycles. The summed E-state index contributed by atoms with van der Waals surface area (Å²) in [4.78, 5) is 0. The Hall–Kier alpha value is -1.98. The minimum Gasteiger partial charge on any atom is -1.00 e. The van der Waals surface area contributed by atoms with E-state index in [1.54, 1.807) is 0 Å². The van der Waals surface area contributed by atoms with Crippen LogP contribution in [0.3, 0.4) is 0 Å². The van der Waals surface area contributed by atoms with Crippen LogP contribution in [0.15, 0.2) is 121 Å². The summed E-state index contributed by atoms with van der Waals surface area (Å²) in [7, 11) is -4.72. The van der Waals surface area contributed by atoms with Crippen LogP contribution in [0.2, 0.25) is 0 Å². The largest absolute Gasteiger partial charge is 1.00 e. The summed E-state index contributed by atoms with van der Waals surface area (Å²) in [5, 5.41) is 4.45. The first kappa shape index (κ1) is 22.7. The maximum Gasteiger partial charge on any atom is 0.179 e. The first-order chi connectivity index (χ1) is 14.1. The zero-order valence-electron chi connectivity index (χ0n) is 16.9. The van der Waals surface area contributed by atoms with Crippen molar-refractivity contribution in [3.63, 3.8) is 0 Å². The van der Waals surface area contributed by atoms with Crippen molar-refractivity contribution in [2.45, 2.75) is 0 Å². The van der Waals surface area contributed by atoms with E-state index in [0.717, 1.165) is 10.6 Å². The summed E-state index contributed by atoms with van der Waals surface area (Å²) in [5.74, 6) is 0.641. The Bertz CT molecular complexity index is 1020. The lowest BCUT2D eigenvalue weighted by Crippen LogP contribution is -3.00. The quantitative estimate of drug-likeness (QED) is 0.376. The van der Waals surface area contributed by atoms with Gasteiger partial charge in [0, 0.05) is 10.6 Å². The summed E-state index contributed by atoms with van der Waals surface area (Å²) in [5.41, 5.74) is 0. The third-order valence-corrected chi connectivity index (χ3v) is 14.5. The minimum absolute atomic E-state index is 0. The predicted octanol–water partition coefficient (Wildman–Crippen LogP) is 2.26. The molecule has 0 saturated heterocycles. The molecule has 0 amide bonds. The second-order valence-electron chi connectivity index (χ2n) is 7.41. The third kappa shape index (κ3) is 4.52. The molecule has 30 heavy (non-hydrogen) atoms. The van der Waals surface area contributed by atoms with Gasteiger partial charge in [-0.15, -0.1) is 0 Å². The highest BCUT2D eigenvalue weighted by atomic mass is 79.9. The number of halogens is 1. The highest BCUT2D eigenvalue weighted by Crippen LogP contribution is 2.64. The van der Waals surface area contributed by atoms with Crippen molar-refractivity contribution in [2.24, 2.45) is 0 Å². The first-order valence-corrected chi connectivity index (χ1v) is 14.1. The molecule has 0 heterocycles. The number of hydrogen-bond acceptors (Lipinski definition) is 1. The normalized spacial score (nSPS) is 11.5. The molecule has 4 aromatic rings. The van der Waals surface area contributed by atoms with Crippen molar-refractivity contribution in [3.05, 3.63) is 121 Å². The topological polar surface area (TPSA) is 17.1 Å². The van der Waals surface area contributed by atoms with Crippen molar-refractivity contribution < 1.29 is 21.5 Å². The Labute approximate surface area is 190 Å². The van der Waals surface area contributed by atoms with Gasteiger partial charge in [0.1, 0.15) is 5.90 Å². The molecule has 4 aromatic carbocycles. The van der Waals surface area contributed by atoms with E-state index in [2.05, 4.69) is 55.2 Å². The molecule has 0 radical (unpaired) electrons. The number of benzene rings is 4. The van der Waals surface area contributed by atoms with E-state index in [4.69, 9.17) is 0 Å². The van der Waals surface area contributed by atoms with E-state index in [9.17, 15) is 4.57 Å². The SMILES string of the molecule is C[P+](CP(=O)(c1ccccc1)c1ccccc1)(c1ccccc1)c1ccccc1.[Br-]. The first-order valence-electron chi connectivity index (χ1n) is 9.80. The van der Waals surface area contributed by atoms with E-state index < -0.39 is 14.4 Å². The van der Waals surface area contributed by atoms with Crippen LogP contribution in [0.5, 0.6) is 0 Å². The van der Waals surface area contributed by atoms with Gasteiger partial charge in [-0.25, -0.2) is 0 Å². The van der Waals surface area contributed by atoms with Gasteiger partial charge in [-0.1, -0.05) is 97.1 Å². The van der Waals surface area contributed by atoms with Crippen LogP contribution in [0.1, 0.15) is 0 Å². The molecule has 0 aromatic heterocycles. The monoisotopic (exact) mass is 494 g/mol. The number of rotatable bonds is 6. The Balaban J connectivity index is 0.00000256. The lowest BCUT2D eigenvalue weighted by Gasteiger charge is -2.28. The van der Waals surface area contributed by atoms with Crippen LogP contribution >= 0.6 is 14.4 Å². The van der Waals surface area contributed by atoms with Crippen LogP contribution in [0.25, 0.3) is 0 Å². The molecule has 0 saturated carbocycles. The Morgan fingerprint density at radius 2 is 0.867 bits per heavy atom. The van der Waals surface area contributed by atoms with Gasteiger partial charge in [-0.2, -0.15) is 0 Å². The lowest BCUT2D eigenvalue weighted by molar-refractivity contribution is -0.00000697. The van der Waals surface area contributed by atoms with Gasteiger partial charge in [0.05, 0.1) is 24.5 Å². The number of hydrogen-bond donors (Lipinski definition) is 0. The highest BCUT2D eigenvalue weighted by Gasteiger charge is 2.46. The fourth-order valence-electron chi connectivity index (χ4n) is 3.87. The molecular weight excluding hydrogens is 470 g/mol. The fourth-order valence-corrected chi connectivity index (χ4v) is 13.2. The van der Waals surface area contributed by atoms with E-state index in [1.807, 2.05) is 72.8 Å². The van der Waals surface area contributed by atoms with Crippen LogP contribution in [-0.4, -0.2) is 12.6 Å². The molecule has 0 aliphatic rings. The zero-order chi connectivity index (χ0) is 20.2. The average Bonchev–Trinajstić information content (AvgIpc) is 2.81. The van der Waals surface area contributed by atoms with Crippen LogP contribution in [0.4, 0.5) is 0 Å². The molecule has 0 unspecified atom stereocenters. The summed E-state index contributed by atoms with van der Waals surface area (Å²) in [6.07, 6.45) is 0. The molecule has 4 heteroatoms. The summed E-state index contributed by atoms with van der Waals surface area (Å²) >= 11 is 0. The zero-order valence-corrected chi connectivity index (χ0v) is 20.3. The molecule has 0 spiro atoms. The molecule has 1 nitrogen and oxygen atoms in total. The standard InChI is InChI=1S/C26H25OP2.BrH/c1-28(23-14-6-2-7-15-23,24-16-8-3-9-17-24)22-29(27,25-18-10-4-11-19-25)26-20-12-5-13-21-26;/h2-21H,22H2,1H3;1H/q+1;/p-1. The van der Waals surface area contributed by atoms with E-state index >= 15 is 0 Å². The van der Waals surface area contributed by atoms with Crippen LogP contribution in [0, 0.1) is 0 Å². The van der Waals surface area contributed by atoms with Gasteiger partial charge in [-0.05, 0) is 24.3 Å². The Morgan fingerprint density at radius 3 is 1.20 bits per heavy atom. The lowest BCUT2D eigenvalue weighted by atomic mass is 10.4. The van der Waals surface area contributed by atoms with Crippen molar-refractivity contribution in [1.82, 2.24) is 0 Å². The second kappa shape index (κ2) is 9.88. The molecule has 0 bridgehead atoms. The van der Waals surface area contributed by atoms with E-state index in [1.165, 1.54) is 10.6 Å². The van der Waals surface area contributed by atoms with E-state index in [-0.39, 0.29) is 17.0 Å². The van der Waals surface area contributed by atoms with Gasteiger partial charge in [0.25, 0.3) is 0 Å². The second-order valence-corrected chi connectivity index (χ2v) is 14.5. The average molecular weight is 495 g/mol. The van der Waals surface area contributed by atoms with Gasteiger partial charge in [0.2, 0.25) is 0 Å². The Morgan fingerprint density at radius 1 is 0.567 bits per heavy atom. The van der Waals surface area contributed by atoms with Crippen molar-refractivity contribution >= 4 is 35.6 Å². The summed E-state index contributed by atoms with van der Waals surface area (Å²) in [6.45, 7) is 2.33. The van der Waals surface area contributed by atoms with Gasteiger partial charge in [0.15, 0.2) is 7.14 Å². The Kier molecular flexibility index (Phi) is 7.48. The third-order valence-electron chi connectivity index (χ3n) is 5.48. The highest BCUT2D eigenvalue weighted by molar-refractivity contribution is 7.99. The summed E-state index contributed by atoms with van der Waals surface area (Å²) in [6, 6.07) is 41.3. The molecule has 4 rings (SSSR count). The van der Waals surface area contributed by atoms with Crippen LogP contribution in [-0.2, 0) is 4.57 Å². The minimum atomic E-state index is -2.83. The molecule has 0 aliphatic heterocycles. The smallest absolute Gasteiger partial charge is 0.179 e. The molecule has 0 N–H and O–H groups in total. The molecular formula is C26H25BrOP2. The van der Waals surface area contributed by atoms with Gasteiger partial charge >= 0.3 is 0 Å². The van der Waals surface area contributed by atoms with Crippen molar-refractivity contribution in [1.29, 1.82) is 0 Å². The molecule has 0 atom stereocenters. The fraction of sp³-hybridized carbons (Fsp3) is 0.0769. The predicted molar refractivity (Wildman–Crippen MR) is 130 cm³/mol. The van der Waals surface area contributed by atoms with Crippen LogP contribution < -0.4 is 38.2 Å². The van der Waals surface area contributed by atoms with Gasteiger partial charge < -0.3 is 21.5 Å². The van der Waals surface area contributed by atoms with E-state index in [0.29, 0.717) is 5.90 Å². The summed E-state index contributed by atoms with van der Waals surface area (Å²) < 4.78 is 14.8. The molecule has 152 valence electrons.